The van der Waals surface area contributed by atoms with Crippen molar-refractivity contribution in [3.05, 3.63) is 24.3 Å². The lowest BCUT2D eigenvalue weighted by molar-refractivity contribution is -0.133. The Morgan fingerprint density at radius 3 is 2.36 bits per heavy atom. The van der Waals surface area contributed by atoms with Crippen LogP contribution in [0.4, 0.5) is 4.79 Å². The SMILES string of the molecule is CCOc1ccccc1OCCN1C(=O)NC2(CCN(CC(C)C)CC2)C1=O. The number of para-hydroxylation sites is 2. The molecule has 2 fully saturated rings. The number of imide groups is 1. The third-order valence-electron chi connectivity index (χ3n) is 5.30. The number of urea groups is 1. The highest BCUT2D eigenvalue weighted by atomic mass is 16.5. The minimum absolute atomic E-state index is 0.122. The van der Waals surface area contributed by atoms with E-state index in [2.05, 4.69) is 24.1 Å². The predicted molar refractivity (Wildman–Crippen MR) is 107 cm³/mol. The van der Waals surface area contributed by atoms with Crippen LogP contribution in [0.5, 0.6) is 11.5 Å². The van der Waals surface area contributed by atoms with E-state index >= 15 is 0 Å². The van der Waals surface area contributed by atoms with Crippen LogP contribution in [0, 0.1) is 5.92 Å². The van der Waals surface area contributed by atoms with Gasteiger partial charge in [-0.15, -0.1) is 0 Å². The summed E-state index contributed by atoms with van der Waals surface area (Å²) in [5.41, 5.74) is -0.742. The van der Waals surface area contributed by atoms with Crippen molar-refractivity contribution < 1.29 is 19.1 Å². The van der Waals surface area contributed by atoms with Gasteiger partial charge in [-0.2, -0.15) is 0 Å². The molecule has 7 nitrogen and oxygen atoms in total. The molecule has 2 heterocycles. The van der Waals surface area contributed by atoms with E-state index in [0.717, 1.165) is 19.6 Å². The summed E-state index contributed by atoms with van der Waals surface area (Å²) in [6.07, 6.45) is 1.32. The Hall–Kier alpha value is -2.28. The van der Waals surface area contributed by atoms with Gasteiger partial charge in [0.2, 0.25) is 0 Å². The summed E-state index contributed by atoms with van der Waals surface area (Å²) in [5.74, 6) is 1.75. The van der Waals surface area contributed by atoms with Gasteiger partial charge < -0.3 is 19.7 Å². The molecule has 1 N–H and O–H groups in total. The number of piperidine rings is 1. The molecule has 0 saturated carbocycles. The first kappa shape index (κ1) is 20.5. The van der Waals surface area contributed by atoms with E-state index in [-0.39, 0.29) is 25.1 Å². The number of hydrogen-bond donors (Lipinski definition) is 1. The molecule has 0 aliphatic carbocycles. The maximum Gasteiger partial charge on any atom is 0.325 e. The first-order valence-electron chi connectivity index (χ1n) is 10.2. The molecule has 1 spiro atoms. The zero-order chi connectivity index (χ0) is 20.1. The summed E-state index contributed by atoms with van der Waals surface area (Å²) in [6.45, 7) is 9.99. The molecule has 3 rings (SSSR count). The summed E-state index contributed by atoms with van der Waals surface area (Å²) in [7, 11) is 0. The quantitative estimate of drug-likeness (QED) is 0.692. The van der Waals surface area contributed by atoms with Crippen molar-refractivity contribution in [1.29, 1.82) is 0 Å². The van der Waals surface area contributed by atoms with Gasteiger partial charge in [0.15, 0.2) is 11.5 Å². The van der Waals surface area contributed by atoms with E-state index in [4.69, 9.17) is 9.47 Å². The molecule has 2 saturated heterocycles. The first-order chi connectivity index (χ1) is 13.4. The smallest absolute Gasteiger partial charge is 0.325 e. The van der Waals surface area contributed by atoms with E-state index in [0.29, 0.717) is 36.9 Å². The van der Waals surface area contributed by atoms with E-state index in [9.17, 15) is 9.59 Å². The number of likely N-dealkylation sites (tertiary alicyclic amines) is 1. The minimum Gasteiger partial charge on any atom is -0.490 e. The normalized spacial score (nSPS) is 19.4. The highest BCUT2D eigenvalue weighted by Crippen LogP contribution is 2.30. The molecule has 0 atom stereocenters. The van der Waals surface area contributed by atoms with Gasteiger partial charge in [0, 0.05) is 19.6 Å². The number of amides is 3. The van der Waals surface area contributed by atoms with Crippen LogP contribution in [-0.4, -0.2) is 66.7 Å². The second kappa shape index (κ2) is 8.82. The average Bonchev–Trinajstić information content (AvgIpc) is 2.89. The van der Waals surface area contributed by atoms with Gasteiger partial charge in [0.1, 0.15) is 12.1 Å². The lowest BCUT2D eigenvalue weighted by Gasteiger charge is -2.37. The van der Waals surface area contributed by atoms with Gasteiger partial charge in [0.25, 0.3) is 5.91 Å². The number of ether oxygens (including phenoxy) is 2. The van der Waals surface area contributed by atoms with Gasteiger partial charge in [-0.05, 0) is 37.8 Å². The van der Waals surface area contributed by atoms with Crippen molar-refractivity contribution in [3.8, 4) is 11.5 Å². The molecule has 7 heteroatoms. The van der Waals surface area contributed by atoms with Crippen LogP contribution in [0.25, 0.3) is 0 Å². The Labute approximate surface area is 167 Å². The van der Waals surface area contributed by atoms with Crippen LogP contribution in [-0.2, 0) is 4.79 Å². The van der Waals surface area contributed by atoms with Gasteiger partial charge in [0.05, 0.1) is 13.2 Å². The maximum atomic E-state index is 13.0. The third kappa shape index (κ3) is 4.41. The molecular formula is C21H31N3O4. The molecule has 3 amide bonds. The van der Waals surface area contributed by atoms with Crippen molar-refractivity contribution in [1.82, 2.24) is 15.1 Å². The van der Waals surface area contributed by atoms with E-state index in [1.807, 2.05) is 31.2 Å². The molecule has 154 valence electrons. The Morgan fingerprint density at radius 1 is 1.11 bits per heavy atom. The topological polar surface area (TPSA) is 71.1 Å². The summed E-state index contributed by atoms with van der Waals surface area (Å²) in [4.78, 5) is 29.1. The fraction of sp³-hybridized carbons (Fsp3) is 0.619. The number of carbonyl (C=O) groups excluding carboxylic acids is 2. The standard InChI is InChI=1S/C21H31N3O4/c1-4-27-17-7-5-6-8-18(17)28-14-13-24-19(25)21(22-20(24)26)9-11-23(12-10-21)15-16(2)3/h5-8,16H,4,9-15H2,1-3H3,(H,22,26). The molecule has 0 unspecified atom stereocenters. The Kier molecular flexibility index (Phi) is 6.44. The maximum absolute atomic E-state index is 13.0. The van der Waals surface area contributed by atoms with Crippen molar-refractivity contribution >= 4 is 11.9 Å². The largest absolute Gasteiger partial charge is 0.490 e. The number of hydrogen-bond acceptors (Lipinski definition) is 5. The summed E-state index contributed by atoms with van der Waals surface area (Å²) in [5, 5.41) is 2.95. The van der Waals surface area contributed by atoms with E-state index in [1.54, 1.807) is 0 Å². The van der Waals surface area contributed by atoms with E-state index in [1.165, 1.54) is 4.90 Å². The van der Waals surface area contributed by atoms with Crippen LogP contribution < -0.4 is 14.8 Å². The molecule has 28 heavy (non-hydrogen) atoms. The number of benzene rings is 1. The van der Waals surface area contributed by atoms with Crippen molar-refractivity contribution in [2.24, 2.45) is 5.92 Å². The summed E-state index contributed by atoms with van der Waals surface area (Å²) < 4.78 is 11.3. The van der Waals surface area contributed by atoms with Gasteiger partial charge >= 0.3 is 6.03 Å². The summed E-state index contributed by atoms with van der Waals surface area (Å²) >= 11 is 0. The number of nitrogens with zero attached hydrogens (tertiary/aromatic N) is 2. The van der Waals surface area contributed by atoms with Crippen molar-refractivity contribution in [3.63, 3.8) is 0 Å². The molecule has 0 bridgehead atoms. The highest BCUT2D eigenvalue weighted by Gasteiger charge is 2.52. The molecule has 0 aromatic heterocycles. The first-order valence-corrected chi connectivity index (χ1v) is 10.2. The van der Waals surface area contributed by atoms with Crippen LogP contribution in [0.2, 0.25) is 0 Å². The van der Waals surface area contributed by atoms with Crippen LogP contribution >= 0.6 is 0 Å². The lowest BCUT2D eigenvalue weighted by atomic mass is 9.87. The minimum atomic E-state index is -0.742. The number of nitrogens with one attached hydrogen (secondary N) is 1. The fourth-order valence-corrected chi connectivity index (χ4v) is 3.94. The second-order valence-corrected chi connectivity index (χ2v) is 7.89. The average molecular weight is 389 g/mol. The Bertz CT molecular complexity index is 699. The van der Waals surface area contributed by atoms with Crippen LogP contribution in [0.3, 0.4) is 0 Å². The monoisotopic (exact) mass is 389 g/mol. The molecular weight excluding hydrogens is 358 g/mol. The number of rotatable bonds is 8. The summed E-state index contributed by atoms with van der Waals surface area (Å²) in [6, 6.07) is 7.09. The predicted octanol–water partition coefficient (Wildman–Crippen LogP) is 2.51. The van der Waals surface area contributed by atoms with Crippen molar-refractivity contribution in [2.45, 2.75) is 39.2 Å². The molecule has 2 aliphatic heterocycles. The van der Waals surface area contributed by atoms with E-state index < -0.39 is 5.54 Å². The molecule has 0 radical (unpaired) electrons. The van der Waals surface area contributed by atoms with Crippen LogP contribution in [0.1, 0.15) is 33.6 Å². The highest BCUT2D eigenvalue weighted by molar-refractivity contribution is 6.07. The van der Waals surface area contributed by atoms with Crippen LogP contribution in [0.15, 0.2) is 24.3 Å². The third-order valence-corrected chi connectivity index (χ3v) is 5.30. The van der Waals surface area contributed by atoms with Gasteiger partial charge in [-0.1, -0.05) is 26.0 Å². The Morgan fingerprint density at radius 2 is 1.75 bits per heavy atom. The second-order valence-electron chi connectivity index (χ2n) is 7.89. The zero-order valence-electron chi connectivity index (χ0n) is 17.1. The van der Waals surface area contributed by atoms with Crippen molar-refractivity contribution in [2.75, 3.05) is 39.4 Å². The lowest BCUT2D eigenvalue weighted by Crippen LogP contribution is -2.55. The molecule has 1 aromatic carbocycles. The molecule has 2 aliphatic rings. The number of carbonyl (C=O) groups is 2. The van der Waals surface area contributed by atoms with Gasteiger partial charge in [-0.25, -0.2) is 4.79 Å². The Balaban J connectivity index is 1.55. The van der Waals surface area contributed by atoms with Gasteiger partial charge in [-0.3, -0.25) is 9.69 Å². The molecule has 1 aromatic rings. The fourth-order valence-electron chi connectivity index (χ4n) is 3.94. The zero-order valence-corrected chi connectivity index (χ0v) is 17.1.